The Morgan fingerprint density at radius 1 is 1.37 bits per heavy atom. The van der Waals surface area contributed by atoms with Crippen LogP contribution >= 0.6 is 0 Å². The number of epoxide rings is 1. The van der Waals surface area contributed by atoms with Crippen molar-refractivity contribution in [3.05, 3.63) is 23.8 Å². The molecule has 0 aromatic rings. The van der Waals surface area contributed by atoms with Gasteiger partial charge >= 0.3 is 5.97 Å². The number of fused-ring (bicyclic) bond motifs is 2. The highest BCUT2D eigenvalue weighted by Gasteiger charge is 2.69. The number of carbonyl (C=O) groups excluding carboxylic acids is 2. The van der Waals surface area contributed by atoms with Gasteiger partial charge in [0.1, 0.15) is 12.2 Å². The number of hydrogen-bond donors (Lipinski definition) is 2. The molecule has 0 radical (unpaired) electrons. The molecule has 1 aliphatic heterocycles. The number of ketones is 1. The Balaban J connectivity index is 1.61. The summed E-state index contributed by atoms with van der Waals surface area (Å²) in [5.41, 5.74) is 0.309. The molecule has 0 amide bonds. The first kappa shape index (κ1) is 21.7. The molecule has 0 bridgehead atoms. The van der Waals surface area contributed by atoms with Crippen LogP contribution in [-0.4, -0.2) is 53.0 Å². The minimum Gasteiger partial charge on any atom is -0.465 e. The average molecular weight is 419 g/mol. The molecule has 1 heterocycles. The molecule has 0 aromatic carbocycles. The van der Waals surface area contributed by atoms with Gasteiger partial charge in [-0.3, -0.25) is 9.59 Å². The van der Waals surface area contributed by atoms with Gasteiger partial charge in [-0.05, 0) is 61.0 Å². The lowest BCUT2D eigenvalue weighted by Gasteiger charge is -2.58. The Morgan fingerprint density at radius 3 is 2.77 bits per heavy atom. The van der Waals surface area contributed by atoms with Gasteiger partial charge in [-0.2, -0.15) is 0 Å². The van der Waals surface area contributed by atoms with Crippen LogP contribution in [0.25, 0.3) is 0 Å². The summed E-state index contributed by atoms with van der Waals surface area (Å²) in [5, 5.41) is 19.9. The smallest absolute Gasteiger partial charge is 0.302 e. The number of aliphatic hydroxyl groups excluding tert-OH is 2. The van der Waals surface area contributed by atoms with Crippen LogP contribution in [0.15, 0.2) is 23.8 Å². The van der Waals surface area contributed by atoms with Crippen LogP contribution in [-0.2, 0) is 19.1 Å². The van der Waals surface area contributed by atoms with Gasteiger partial charge in [0.15, 0.2) is 11.4 Å². The minimum atomic E-state index is -1.000. The third-order valence-electron chi connectivity index (χ3n) is 8.58. The maximum atomic E-state index is 12.9. The fourth-order valence-electron chi connectivity index (χ4n) is 6.89. The van der Waals surface area contributed by atoms with Crippen LogP contribution in [0.2, 0.25) is 0 Å². The Hall–Kier alpha value is -1.50. The first-order valence-corrected chi connectivity index (χ1v) is 11.1. The van der Waals surface area contributed by atoms with E-state index >= 15 is 0 Å². The first-order chi connectivity index (χ1) is 14.1. The zero-order chi connectivity index (χ0) is 21.9. The van der Waals surface area contributed by atoms with E-state index in [1.165, 1.54) is 13.0 Å². The van der Waals surface area contributed by atoms with Crippen molar-refractivity contribution < 1.29 is 29.3 Å². The van der Waals surface area contributed by atoms with E-state index in [0.717, 1.165) is 37.7 Å². The van der Waals surface area contributed by atoms with Gasteiger partial charge in [0.2, 0.25) is 0 Å². The lowest BCUT2D eigenvalue weighted by Crippen LogP contribution is -2.53. The third kappa shape index (κ3) is 3.19. The summed E-state index contributed by atoms with van der Waals surface area (Å²) in [6, 6.07) is 0. The molecule has 3 aliphatic carbocycles. The highest BCUT2D eigenvalue weighted by atomic mass is 16.6. The molecule has 3 fully saturated rings. The Kier molecular flexibility index (Phi) is 5.27. The summed E-state index contributed by atoms with van der Waals surface area (Å²) in [4.78, 5) is 24.4. The number of hydrogen-bond acceptors (Lipinski definition) is 6. The number of ether oxygens (including phenoxy) is 2. The zero-order valence-corrected chi connectivity index (χ0v) is 18.3. The molecule has 166 valence electrons. The molecule has 6 nitrogen and oxygen atoms in total. The predicted octanol–water partition coefficient (Wildman–Crippen LogP) is 2.72. The van der Waals surface area contributed by atoms with E-state index in [-0.39, 0.29) is 35.1 Å². The molecule has 7 atom stereocenters. The second-order valence-electron chi connectivity index (χ2n) is 10.4. The maximum Gasteiger partial charge on any atom is 0.302 e. The van der Waals surface area contributed by atoms with Crippen molar-refractivity contribution >= 4 is 11.8 Å². The van der Waals surface area contributed by atoms with E-state index in [1.807, 2.05) is 0 Å². The van der Waals surface area contributed by atoms with Crippen molar-refractivity contribution in [3.8, 4) is 0 Å². The van der Waals surface area contributed by atoms with Gasteiger partial charge in [0.05, 0.1) is 13.2 Å². The molecular weight excluding hydrogens is 384 g/mol. The maximum absolute atomic E-state index is 12.9. The lowest BCUT2D eigenvalue weighted by atomic mass is 9.46. The van der Waals surface area contributed by atoms with Gasteiger partial charge in [0.25, 0.3) is 0 Å². The van der Waals surface area contributed by atoms with Crippen LogP contribution < -0.4 is 0 Å². The number of aliphatic hydroxyl groups is 2. The summed E-state index contributed by atoms with van der Waals surface area (Å²) in [6.45, 7) is 10.4. The lowest BCUT2D eigenvalue weighted by molar-refractivity contribution is -0.153. The Bertz CT molecular complexity index is 802. The summed E-state index contributed by atoms with van der Waals surface area (Å²) < 4.78 is 11.3. The van der Waals surface area contributed by atoms with E-state index in [0.29, 0.717) is 24.5 Å². The SMILES string of the molecule is C=C1CCC2C(C)(COC(C)=O)CCCC2(C)C1CC12OC1C(O)C(CO)=CC2=O. The van der Waals surface area contributed by atoms with E-state index in [4.69, 9.17) is 9.47 Å². The number of carbonyl (C=O) groups is 2. The van der Waals surface area contributed by atoms with Crippen LogP contribution in [0.5, 0.6) is 0 Å². The molecule has 30 heavy (non-hydrogen) atoms. The summed E-state index contributed by atoms with van der Waals surface area (Å²) in [6.07, 6.45) is 5.34. The first-order valence-electron chi connectivity index (χ1n) is 11.1. The van der Waals surface area contributed by atoms with Crippen molar-refractivity contribution in [2.45, 2.75) is 77.1 Å². The van der Waals surface area contributed by atoms with Crippen molar-refractivity contribution in [1.82, 2.24) is 0 Å². The zero-order valence-electron chi connectivity index (χ0n) is 18.3. The standard InChI is InChI=1S/C24H34O6/c1-14-6-7-18-22(3,13-29-15(2)26)8-5-9-23(18,4)17(14)11-24-19(27)10-16(12-25)20(28)21(24)30-24/h10,17-18,20-21,25,28H,1,5-9,11-13H2,2-4H3. The molecule has 2 N–H and O–H groups in total. The molecule has 0 aromatic heterocycles. The van der Waals surface area contributed by atoms with Gasteiger partial charge in [-0.25, -0.2) is 0 Å². The van der Waals surface area contributed by atoms with Crippen LogP contribution in [0, 0.1) is 22.7 Å². The highest BCUT2D eigenvalue weighted by molar-refractivity contribution is 6.02. The van der Waals surface area contributed by atoms with Gasteiger partial charge in [-0.15, -0.1) is 0 Å². The summed E-state index contributed by atoms with van der Waals surface area (Å²) >= 11 is 0. The average Bonchev–Trinajstić information content (AvgIpc) is 3.43. The molecule has 1 saturated heterocycles. The van der Waals surface area contributed by atoms with Gasteiger partial charge < -0.3 is 19.7 Å². The monoisotopic (exact) mass is 418 g/mol. The number of allylic oxidation sites excluding steroid dienone is 1. The predicted molar refractivity (Wildman–Crippen MR) is 110 cm³/mol. The molecule has 4 rings (SSSR count). The van der Waals surface area contributed by atoms with Crippen molar-refractivity contribution in [2.75, 3.05) is 13.2 Å². The third-order valence-corrected chi connectivity index (χ3v) is 8.58. The second kappa shape index (κ2) is 7.28. The van der Waals surface area contributed by atoms with Crippen molar-refractivity contribution in [1.29, 1.82) is 0 Å². The molecule has 6 heteroatoms. The van der Waals surface area contributed by atoms with E-state index < -0.39 is 17.8 Å². The summed E-state index contributed by atoms with van der Waals surface area (Å²) in [7, 11) is 0. The minimum absolute atomic E-state index is 0.0695. The fourth-order valence-corrected chi connectivity index (χ4v) is 6.89. The highest BCUT2D eigenvalue weighted by Crippen LogP contribution is 2.64. The van der Waals surface area contributed by atoms with Gasteiger partial charge in [0, 0.05) is 12.3 Å². The van der Waals surface area contributed by atoms with Crippen LogP contribution in [0.4, 0.5) is 0 Å². The topological polar surface area (TPSA) is 96.4 Å². The summed E-state index contributed by atoms with van der Waals surface area (Å²) in [5.74, 6) is 0.0493. The van der Waals surface area contributed by atoms with E-state index in [1.54, 1.807) is 0 Å². The quantitative estimate of drug-likeness (QED) is 0.405. The van der Waals surface area contributed by atoms with E-state index in [9.17, 15) is 19.8 Å². The van der Waals surface area contributed by atoms with Gasteiger partial charge in [-0.1, -0.05) is 32.4 Å². The van der Waals surface area contributed by atoms with E-state index in [2.05, 4.69) is 20.4 Å². The van der Waals surface area contributed by atoms with Crippen molar-refractivity contribution in [3.63, 3.8) is 0 Å². The number of esters is 1. The largest absolute Gasteiger partial charge is 0.465 e. The molecule has 0 spiro atoms. The van der Waals surface area contributed by atoms with Crippen molar-refractivity contribution in [2.24, 2.45) is 22.7 Å². The van der Waals surface area contributed by atoms with Crippen LogP contribution in [0.1, 0.15) is 59.3 Å². The fraction of sp³-hybridized carbons (Fsp3) is 0.750. The molecular formula is C24H34O6. The molecule has 4 aliphatic rings. The second-order valence-corrected chi connectivity index (χ2v) is 10.4. The normalized spacial score (nSPS) is 45.3. The Labute approximate surface area is 178 Å². The molecule has 7 unspecified atom stereocenters. The van der Waals surface area contributed by atoms with Crippen LogP contribution in [0.3, 0.4) is 0 Å². The number of rotatable bonds is 5. The molecule has 2 saturated carbocycles. The Morgan fingerprint density at radius 2 is 2.10 bits per heavy atom.